The summed E-state index contributed by atoms with van der Waals surface area (Å²) in [7, 11) is 0. The van der Waals surface area contributed by atoms with E-state index in [1.54, 1.807) is 35.2 Å². The number of imidazole rings is 1. The molecule has 1 aromatic carbocycles. The lowest BCUT2D eigenvalue weighted by Crippen LogP contribution is -2.06. The summed E-state index contributed by atoms with van der Waals surface area (Å²) in [5.41, 5.74) is 0.862. The first-order chi connectivity index (χ1) is 7.59. The Morgan fingerprint density at radius 2 is 2.25 bits per heavy atom. The highest BCUT2D eigenvalue weighted by Crippen LogP contribution is 2.21. The lowest BCUT2D eigenvalue weighted by molar-refractivity contribution is 0.0697. The first-order valence-electron chi connectivity index (χ1n) is 4.63. The van der Waals surface area contributed by atoms with Crippen LogP contribution in [0.25, 0.3) is 5.69 Å². The zero-order chi connectivity index (χ0) is 11.7. The fourth-order valence-electron chi connectivity index (χ4n) is 1.52. The van der Waals surface area contributed by atoms with Crippen LogP contribution >= 0.6 is 15.9 Å². The van der Waals surface area contributed by atoms with Gasteiger partial charge in [-0.2, -0.15) is 0 Å². The summed E-state index contributed by atoms with van der Waals surface area (Å²) < 4.78 is 2.49. The van der Waals surface area contributed by atoms with Gasteiger partial charge in [0, 0.05) is 16.9 Å². The largest absolute Gasteiger partial charge is 0.478 e. The minimum absolute atomic E-state index is 0.246. The monoisotopic (exact) mass is 280 g/mol. The minimum atomic E-state index is -0.954. The second-order valence-electron chi connectivity index (χ2n) is 3.31. The average molecular weight is 281 g/mol. The van der Waals surface area contributed by atoms with E-state index in [2.05, 4.69) is 20.9 Å². The van der Waals surface area contributed by atoms with Crippen molar-refractivity contribution >= 4 is 21.9 Å². The fourth-order valence-corrected chi connectivity index (χ4v) is 1.88. The van der Waals surface area contributed by atoms with Crippen molar-refractivity contribution in [2.75, 3.05) is 0 Å². The van der Waals surface area contributed by atoms with E-state index >= 15 is 0 Å². The molecular formula is C11H9BrN2O2. The van der Waals surface area contributed by atoms with Crippen molar-refractivity contribution in [3.63, 3.8) is 0 Å². The molecule has 0 radical (unpaired) electrons. The summed E-state index contributed by atoms with van der Waals surface area (Å²) >= 11 is 3.26. The molecule has 0 saturated carbocycles. The van der Waals surface area contributed by atoms with E-state index in [0.717, 1.165) is 10.3 Å². The van der Waals surface area contributed by atoms with Crippen molar-refractivity contribution in [1.82, 2.24) is 9.55 Å². The zero-order valence-electron chi connectivity index (χ0n) is 8.51. The van der Waals surface area contributed by atoms with Gasteiger partial charge in [0.2, 0.25) is 0 Å². The number of carboxylic acid groups (broad SMARTS) is 1. The van der Waals surface area contributed by atoms with Gasteiger partial charge in [-0.1, -0.05) is 15.9 Å². The molecule has 0 saturated heterocycles. The number of rotatable bonds is 2. The summed E-state index contributed by atoms with van der Waals surface area (Å²) in [6.07, 6.45) is 3.38. The maximum atomic E-state index is 11.1. The topological polar surface area (TPSA) is 55.1 Å². The number of aromatic nitrogens is 2. The third-order valence-corrected chi connectivity index (χ3v) is 2.77. The van der Waals surface area contributed by atoms with Crippen molar-refractivity contribution in [1.29, 1.82) is 0 Å². The Labute approximate surface area is 101 Å². The zero-order valence-corrected chi connectivity index (χ0v) is 10.1. The van der Waals surface area contributed by atoms with Crippen LogP contribution in [0, 0.1) is 6.92 Å². The molecule has 0 spiro atoms. The molecule has 2 aromatic rings. The van der Waals surface area contributed by atoms with Gasteiger partial charge >= 0.3 is 5.97 Å². The number of hydrogen-bond donors (Lipinski definition) is 1. The van der Waals surface area contributed by atoms with E-state index < -0.39 is 5.97 Å². The highest BCUT2D eigenvalue weighted by molar-refractivity contribution is 9.10. The third kappa shape index (κ3) is 1.86. The second kappa shape index (κ2) is 4.09. The van der Waals surface area contributed by atoms with Crippen LogP contribution in [-0.4, -0.2) is 20.6 Å². The van der Waals surface area contributed by atoms with Crippen molar-refractivity contribution < 1.29 is 9.90 Å². The average Bonchev–Trinajstić information content (AvgIpc) is 2.64. The maximum absolute atomic E-state index is 11.1. The van der Waals surface area contributed by atoms with Crippen molar-refractivity contribution in [2.24, 2.45) is 0 Å². The van der Waals surface area contributed by atoms with Crippen molar-refractivity contribution in [3.05, 3.63) is 46.5 Å². The van der Waals surface area contributed by atoms with Gasteiger partial charge in [-0.3, -0.25) is 0 Å². The first kappa shape index (κ1) is 10.9. The predicted octanol–water partition coefficient (Wildman–Crippen LogP) is 2.64. The van der Waals surface area contributed by atoms with Gasteiger partial charge in [0.15, 0.2) is 0 Å². The summed E-state index contributed by atoms with van der Waals surface area (Å²) in [5, 5.41) is 9.13. The van der Waals surface area contributed by atoms with Crippen LogP contribution in [0.3, 0.4) is 0 Å². The highest BCUT2D eigenvalue weighted by Gasteiger charge is 2.13. The van der Waals surface area contributed by atoms with Crippen LogP contribution in [0.4, 0.5) is 0 Å². The van der Waals surface area contributed by atoms with E-state index in [1.165, 1.54) is 0 Å². The van der Waals surface area contributed by atoms with E-state index in [9.17, 15) is 4.79 Å². The fraction of sp³-hybridized carbons (Fsp3) is 0.0909. The Kier molecular flexibility index (Phi) is 2.78. The molecule has 0 amide bonds. The van der Waals surface area contributed by atoms with Gasteiger partial charge in [0.25, 0.3) is 0 Å². The number of benzene rings is 1. The number of carbonyl (C=O) groups is 1. The molecular weight excluding hydrogens is 272 g/mol. The first-order valence-corrected chi connectivity index (χ1v) is 5.42. The Balaban J connectivity index is 2.65. The molecule has 82 valence electrons. The Morgan fingerprint density at radius 3 is 2.81 bits per heavy atom. The van der Waals surface area contributed by atoms with Crippen molar-refractivity contribution in [3.8, 4) is 5.69 Å². The van der Waals surface area contributed by atoms with E-state index in [4.69, 9.17) is 5.11 Å². The number of aromatic carboxylic acids is 1. The predicted molar refractivity (Wildman–Crippen MR) is 63.0 cm³/mol. The van der Waals surface area contributed by atoms with Gasteiger partial charge in [0.05, 0.1) is 11.3 Å². The van der Waals surface area contributed by atoms with Gasteiger partial charge in [-0.15, -0.1) is 0 Å². The summed E-state index contributed by atoms with van der Waals surface area (Å²) in [6.45, 7) is 1.83. The van der Waals surface area contributed by atoms with Crippen LogP contribution in [0.2, 0.25) is 0 Å². The molecule has 5 heteroatoms. The van der Waals surface area contributed by atoms with Crippen LogP contribution in [-0.2, 0) is 0 Å². The molecule has 0 atom stereocenters. The number of nitrogens with zero attached hydrogens (tertiary/aromatic N) is 2. The molecule has 1 aromatic heterocycles. The smallest absolute Gasteiger partial charge is 0.337 e. The highest BCUT2D eigenvalue weighted by atomic mass is 79.9. The molecule has 2 rings (SSSR count). The van der Waals surface area contributed by atoms with Gasteiger partial charge in [0.1, 0.15) is 5.82 Å². The van der Waals surface area contributed by atoms with Crippen LogP contribution in [0.1, 0.15) is 16.2 Å². The minimum Gasteiger partial charge on any atom is -0.478 e. The molecule has 4 nitrogen and oxygen atoms in total. The summed E-state index contributed by atoms with van der Waals surface area (Å²) in [4.78, 5) is 15.2. The molecule has 0 fully saturated rings. The molecule has 0 bridgehead atoms. The Hall–Kier alpha value is -1.62. The molecule has 0 unspecified atom stereocenters. The van der Waals surface area contributed by atoms with Crippen LogP contribution < -0.4 is 0 Å². The lowest BCUT2D eigenvalue weighted by Gasteiger charge is -2.09. The van der Waals surface area contributed by atoms with Crippen LogP contribution in [0.15, 0.2) is 35.1 Å². The SMILES string of the molecule is Cc1nccn1-c1ccc(Br)cc1C(=O)O. The molecule has 1 N–H and O–H groups in total. The molecule has 1 heterocycles. The van der Waals surface area contributed by atoms with E-state index in [0.29, 0.717) is 5.69 Å². The summed E-state index contributed by atoms with van der Waals surface area (Å²) in [5.74, 6) is -0.200. The number of hydrogen-bond acceptors (Lipinski definition) is 2. The van der Waals surface area contributed by atoms with Crippen LogP contribution in [0.5, 0.6) is 0 Å². The normalized spacial score (nSPS) is 10.4. The Bertz CT molecular complexity index is 549. The molecule has 16 heavy (non-hydrogen) atoms. The summed E-state index contributed by atoms with van der Waals surface area (Å²) in [6, 6.07) is 5.14. The van der Waals surface area contributed by atoms with Gasteiger partial charge in [-0.05, 0) is 25.1 Å². The van der Waals surface area contributed by atoms with E-state index in [-0.39, 0.29) is 5.56 Å². The quantitative estimate of drug-likeness (QED) is 0.920. The maximum Gasteiger partial charge on any atom is 0.337 e. The number of halogens is 1. The van der Waals surface area contributed by atoms with Gasteiger partial charge < -0.3 is 9.67 Å². The van der Waals surface area contributed by atoms with E-state index in [1.807, 2.05) is 6.92 Å². The third-order valence-electron chi connectivity index (χ3n) is 2.27. The Morgan fingerprint density at radius 1 is 1.50 bits per heavy atom. The van der Waals surface area contributed by atoms with Gasteiger partial charge in [-0.25, -0.2) is 9.78 Å². The second-order valence-corrected chi connectivity index (χ2v) is 4.23. The number of carboxylic acids is 1. The number of aryl methyl sites for hydroxylation is 1. The standard InChI is InChI=1S/C11H9BrN2O2/c1-7-13-4-5-14(7)10-3-2-8(12)6-9(10)11(15)16/h2-6H,1H3,(H,15,16). The lowest BCUT2D eigenvalue weighted by atomic mass is 10.2. The molecule has 0 aliphatic carbocycles. The van der Waals surface area contributed by atoms with Crippen molar-refractivity contribution in [2.45, 2.75) is 6.92 Å². The molecule has 0 aliphatic heterocycles. The molecule has 0 aliphatic rings.